The summed E-state index contributed by atoms with van der Waals surface area (Å²) in [7, 11) is 0. The molecule has 1 heterocycles. The fourth-order valence-electron chi connectivity index (χ4n) is 4.60. The second kappa shape index (κ2) is 6.23. The summed E-state index contributed by atoms with van der Waals surface area (Å²) in [5.74, 6) is 0.270. The van der Waals surface area contributed by atoms with Crippen molar-refractivity contribution >= 4 is 5.78 Å². The summed E-state index contributed by atoms with van der Waals surface area (Å²) >= 11 is 0. The number of nitrogens with zero attached hydrogens (tertiary/aromatic N) is 1. The Bertz CT molecular complexity index is 1040. The maximum Gasteiger partial charge on any atom is 0.165 e. The van der Waals surface area contributed by atoms with Crippen molar-refractivity contribution in [3.63, 3.8) is 0 Å². The zero-order chi connectivity index (χ0) is 19.3. The molecule has 27 heavy (non-hydrogen) atoms. The number of aromatic nitrogens is 1. The number of Topliss-reactive ketones (excluding diaryl/α,β-unsaturated/α-hetero) is 1. The molecule has 0 spiro atoms. The summed E-state index contributed by atoms with van der Waals surface area (Å²) in [6, 6.07) is 16.9. The number of benzene rings is 2. The van der Waals surface area contributed by atoms with E-state index in [4.69, 9.17) is 0 Å². The third-order valence-corrected chi connectivity index (χ3v) is 5.73. The first-order chi connectivity index (χ1) is 12.8. The van der Waals surface area contributed by atoms with Gasteiger partial charge in [-0.2, -0.15) is 0 Å². The first-order valence-electron chi connectivity index (χ1n) is 9.69. The summed E-state index contributed by atoms with van der Waals surface area (Å²) in [6.07, 6.45) is 1.52. The molecule has 0 saturated heterocycles. The molecular weight excluding hydrogens is 330 g/mol. The van der Waals surface area contributed by atoms with E-state index in [1.165, 1.54) is 22.5 Å². The molecule has 2 aromatic carbocycles. The molecule has 4 rings (SSSR count). The van der Waals surface area contributed by atoms with Crippen LogP contribution in [0.5, 0.6) is 0 Å². The zero-order valence-corrected chi connectivity index (χ0v) is 16.9. The Morgan fingerprint density at radius 3 is 2.26 bits per heavy atom. The smallest absolute Gasteiger partial charge is 0.165 e. The Morgan fingerprint density at radius 1 is 0.889 bits per heavy atom. The highest BCUT2D eigenvalue weighted by atomic mass is 16.1. The molecule has 1 aliphatic carbocycles. The number of hydrogen-bond donors (Lipinski definition) is 0. The number of fused-ring (bicyclic) bond motifs is 1. The maximum atomic E-state index is 13.2. The zero-order valence-electron chi connectivity index (χ0n) is 16.9. The van der Waals surface area contributed by atoms with E-state index >= 15 is 0 Å². The lowest BCUT2D eigenvalue weighted by atomic mass is 9.75. The number of carbonyl (C=O) groups excluding carboxylic acids is 1. The molecule has 0 fully saturated rings. The minimum Gasteiger partial charge on any atom is -0.317 e. The van der Waals surface area contributed by atoms with E-state index in [1.807, 2.05) is 18.2 Å². The fourth-order valence-corrected chi connectivity index (χ4v) is 4.60. The van der Waals surface area contributed by atoms with Crippen LogP contribution in [-0.2, 0) is 6.42 Å². The summed E-state index contributed by atoms with van der Waals surface area (Å²) in [5.41, 5.74) is 9.15. The lowest BCUT2D eigenvalue weighted by Crippen LogP contribution is -2.28. The third kappa shape index (κ3) is 2.93. The van der Waals surface area contributed by atoms with Gasteiger partial charge >= 0.3 is 0 Å². The van der Waals surface area contributed by atoms with Gasteiger partial charge in [0.1, 0.15) is 0 Å². The van der Waals surface area contributed by atoms with Crippen molar-refractivity contribution < 1.29 is 4.79 Å². The number of hydrogen-bond acceptors (Lipinski definition) is 1. The van der Waals surface area contributed by atoms with E-state index in [9.17, 15) is 4.79 Å². The molecule has 0 atom stereocenters. The molecule has 0 amide bonds. The standard InChI is InChI=1S/C25H27NO/c1-16-11-12-20(17(2)13-16)26-18(3)23(19-9-7-6-8-10-19)24-21(26)14-25(4,5)15-22(24)27/h6-13H,14-15H2,1-5H3. The monoisotopic (exact) mass is 357 g/mol. The predicted molar refractivity (Wildman–Crippen MR) is 112 cm³/mol. The average Bonchev–Trinajstić information content (AvgIpc) is 2.87. The van der Waals surface area contributed by atoms with Crippen molar-refractivity contribution in [3.8, 4) is 16.8 Å². The van der Waals surface area contributed by atoms with Crippen LogP contribution in [-0.4, -0.2) is 10.4 Å². The Kier molecular flexibility index (Phi) is 4.10. The van der Waals surface area contributed by atoms with E-state index < -0.39 is 0 Å². The van der Waals surface area contributed by atoms with E-state index in [-0.39, 0.29) is 11.2 Å². The molecule has 0 N–H and O–H groups in total. The van der Waals surface area contributed by atoms with Gasteiger partial charge in [-0.25, -0.2) is 0 Å². The van der Waals surface area contributed by atoms with Crippen LogP contribution in [0.4, 0.5) is 0 Å². The quantitative estimate of drug-likeness (QED) is 0.533. The molecule has 0 aliphatic heterocycles. The van der Waals surface area contributed by atoms with E-state index in [2.05, 4.69) is 69.5 Å². The van der Waals surface area contributed by atoms with Crippen molar-refractivity contribution in [2.45, 2.75) is 47.5 Å². The lowest BCUT2D eigenvalue weighted by Gasteiger charge is -2.30. The molecular formula is C25H27NO. The van der Waals surface area contributed by atoms with Gasteiger partial charge in [-0.1, -0.05) is 61.9 Å². The SMILES string of the molecule is Cc1ccc(-n2c(C)c(-c3ccccc3)c3c2CC(C)(C)CC3=O)c(C)c1. The fraction of sp³-hybridized carbons (Fsp3) is 0.320. The molecule has 1 aromatic heterocycles. The third-order valence-electron chi connectivity index (χ3n) is 5.73. The van der Waals surface area contributed by atoms with Crippen molar-refractivity contribution in [2.75, 3.05) is 0 Å². The van der Waals surface area contributed by atoms with E-state index in [0.717, 1.165) is 28.8 Å². The van der Waals surface area contributed by atoms with Crippen molar-refractivity contribution in [3.05, 3.63) is 76.6 Å². The number of ketones is 1. The molecule has 2 heteroatoms. The molecule has 1 aliphatic rings. The highest BCUT2D eigenvalue weighted by Gasteiger charge is 2.37. The Morgan fingerprint density at radius 2 is 1.59 bits per heavy atom. The second-order valence-electron chi connectivity index (χ2n) is 8.71. The first kappa shape index (κ1) is 17.8. The Hall–Kier alpha value is -2.61. The van der Waals surface area contributed by atoms with Crippen molar-refractivity contribution in [1.82, 2.24) is 4.57 Å². The molecule has 0 saturated carbocycles. The van der Waals surface area contributed by atoms with Gasteiger partial charge in [-0.3, -0.25) is 4.79 Å². The van der Waals surface area contributed by atoms with Crippen LogP contribution in [0, 0.1) is 26.2 Å². The van der Waals surface area contributed by atoms with Gasteiger partial charge in [0.2, 0.25) is 0 Å². The van der Waals surface area contributed by atoms with Crippen LogP contribution < -0.4 is 0 Å². The molecule has 3 aromatic rings. The van der Waals surface area contributed by atoms with Gasteiger partial charge in [-0.05, 0) is 49.8 Å². The largest absolute Gasteiger partial charge is 0.317 e. The van der Waals surface area contributed by atoms with E-state index in [1.54, 1.807) is 0 Å². The van der Waals surface area contributed by atoms with Crippen LogP contribution in [0.2, 0.25) is 0 Å². The topological polar surface area (TPSA) is 22.0 Å². The lowest BCUT2D eigenvalue weighted by molar-refractivity contribution is 0.0911. The van der Waals surface area contributed by atoms with Crippen molar-refractivity contribution in [1.29, 1.82) is 0 Å². The average molecular weight is 357 g/mol. The van der Waals surface area contributed by atoms with Gasteiger partial charge in [0.05, 0.1) is 0 Å². The maximum absolute atomic E-state index is 13.2. The molecule has 0 unspecified atom stereocenters. The molecule has 2 nitrogen and oxygen atoms in total. The highest BCUT2D eigenvalue weighted by molar-refractivity contribution is 6.06. The molecule has 0 bridgehead atoms. The molecule has 0 radical (unpaired) electrons. The van der Waals surface area contributed by atoms with Crippen LogP contribution in [0.3, 0.4) is 0 Å². The summed E-state index contributed by atoms with van der Waals surface area (Å²) in [4.78, 5) is 13.2. The van der Waals surface area contributed by atoms with Gasteiger partial charge in [-0.15, -0.1) is 0 Å². The van der Waals surface area contributed by atoms with Crippen LogP contribution in [0.1, 0.15) is 53.1 Å². The second-order valence-corrected chi connectivity index (χ2v) is 8.71. The normalized spacial score (nSPS) is 15.7. The number of aryl methyl sites for hydroxylation is 2. The Balaban J connectivity index is 2.07. The summed E-state index contributed by atoms with van der Waals surface area (Å²) < 4.78 is 2.34. The van der Waals surface area contributed by atoms with Crippen LogP contribution in [0.15, 0.2) is 48.5 Å². The highest BCUT2D eigenvalue weighted by Crippen LogP contribution is 2.43. The van der Waals surface area contributed by atoms with Crippen LogP contribution >= 0.6 is 0 Å². The number of carbonyl (C=O) groups is 1. The Labute approximate surface area is 161 Å². The predicted octanol–water partition coefficient (Wildman–Crippen LogP) is 6.22. The van der Waals surface area contributed by atoms with Gasteiger partial charge in [0, 0.05) is 34.6 Å². The summed E-state index contributed by atoms with van der Waals surface area (Å²) in [6.45, 7) is 10.8. The van der Waals surface area contributed by atoms with Gasteiger partial charge in [0.15, 0.2) is 5.78 Å². The first-order valence-corrected chi connectivity index (χ1v) is 9.69. The number of rotatable bonds is 2. The molecule has 138 valence electrons. The van der Waals surface area contributed by atoms with Crippen molar-refractivity contribution in [2.24, 2.45) is 5.41 Å². The van der Waals surface area contributed by atoms with Crippen LogP contribution in [0.25, 0.3) is 16.8 Å². The minimum absolute atomic E-state index is 0.0147. The minimum atomic E-state index is -0.0147. The van der Waals surface area contributed by atoms with E-state index in [0.29, 0.717) is 6.42 Å². The van der Waals surface area contributed by atoms with Gasteiger partial charge < -0.3 is 4.57 Å². The summed E-state index contributed by atoms with van der Waals surface area (Å²) in [5, 5.41) is 0. The van der Waals surface area contributed by atoms with Gasteiger partial charge in [0.25, 0.3) is 0 Å².